The number of ether oxygens (including phenoxy) is 3. The first-order valence-electron chi connectivity index (χ1n) is 9.78. The van der Waals surface area contributed by atoms with Crippen molar-refractivity contribution in [2.75, 3.05) is 25.7 Å². The lowest BCUT2D eigenvalue weighted by Crippen LogP contribution is -2.28. The fourth-order valence-electron chi connectivity index (χ4n) is 3.77. The molecular weight excluding hydrogens is 386 g/mol. The fourth-order valence-corrected chi connectivity index (χ4v) is 3.77. The molecular formula is C22H23N3O5. The maximum absolute atomic E-state index is 12.8. The Labute approximate surface area is 174 Å². The molecule has 0 amide bonds. The van der Waals surface area contributed by atoms with Gasteiger partial charge in [0, 0.05) is 18.2 Å². The van der Waals surface area contributed by atoms with Gasteiger partial charge in [0.15, 0.2) is 6.23 Å². The Morgan fingerprint density at radius 3 is 2.70 bits per heavy atom. The molecule has 1 atom stereocenters. The summed E-state index contributed by atoms with van der Waals surface area (Å²) in [4.78, 5) is 26.8. The largest absolute Gasteiger partial charge is 0.465 e. The van der Waals surface area contributed by atoms with E-state index < -0.39 is 11.9 Å². The highest BCUT2D eigenvalue weighted by molar-refractivity contribution is 6.07. The highest BCUT2D eigenvalue weighted by Crippen LogP contribution is 2.35. The van der Waals surface area contributed by atoms with Gasteiger partial charge in [-0.15, -0.1) is 0 Å². The molecule has 4 rings (SSSR count). The quantitative estimate of drug-likeness (QED) is 0.717. The van der Waals surface area contributed by atoms with Gasteiger partial charge >= 0.3 is 11.9 Å². The first kappa shape index (κ1) is 19.9. The molecule has 1 unspecified atom stereocenters. The van der Waals surface area contributed by atoms with Crippen LogP contribution in [0.4, 0.5) is 5.69 Å². The van der Waals surface area contributed by atoms with Gasteiger partial charge in [-0.25, -0.2) is 14.3 Å². The number of fused-ring (bicyclic) bond motifs is 1. The molecule has 8 heteroatoms. The number of nitrogens with zero attached hydrogens (tertiary/aromatic N) is 3. The molecule has 2 aromatic rings. The van der Waals surface area contributed by atoms with Crippen LogP contribution in [0.1, 0.15) is 25.5 Å². The number of aromatic nitrogens is 2. The summed E-state index contributed by atoms with van der Waals surface area (Å²) in [6.45, 7) is 0.682. The Bertz CT molecular complexity index is 1060. The van der Waals surface area contributed by atoms with Crippen molar-refractivity contribution in [2.45, 2.75) is 25.5 Å². The Kier molecular flexibility index (Phi) is 5.67. The third-order valence-electron chi connectivity index (χ3n) is 5.17. The van der Waals surface area contributed by atoms with Gasteiger partial charge in [0.05, 0.1) is 37.2 Å². The van der Waals surface area contributed by atoms with E-state index in [1.165, 1.54) is 20.3 Å². The van der Waals surface area contributed by atoms with Crippen molar-refractivity contribution in [1.82, 2.24) is 9.78 Å². The van der Waals surface area contributed by atoms with Crippen LogP contribution in [0.15, 0.2) is 60.1 Å². The normalized spacial score (nSPS) is 19.1. The van der Waals surface area contributed by atoms with Gasteiger partial charge in [0.1, 0.15) is 5.70 Å². The summed E-state index contributed by atoms with van der Waals surface area (Å²) in [5, 5.41) is 5.46. The van der Waals surface area contributed by atoms with E-state index in [0.29, 0.717) is 12.3 Å². The van der Waals surface area contributed by atoms with Crippen LogP contribution < -0.4 is 4.90 Å². The second-order valence-electron chi connectivity index (χ2n) is 6.94. The summed E-state index contributed by atoms with van der Waals surface area (Å²) >= 11 is 0. The summed E-state index contributed by atoms with van der Waals surface area (Å²) < 4.78 is 17.7. The SMILES string of the molecule is COC(=O)C1=C(C(=O)OC)N(c2cccc3cnn(C4CCCCO4)c23)C=CC=C1. The molecule has 156 valence electrons. The summed E-state index contributed by atoms with van der Waals surface area (Å²) in [6.07, 6.45) is 11.2. The number of carbonyl (C=O) groups excluding carboxylic acids is 2. The van der Waals surface area contributed by atoms with Crippen molar-refractivity contribution >= 4 is 28.5 Å². The zero-order valence-corrected chi connectivity index (χ0v) is 16.9. The Morgan fingerprint density at radius 1 is 1.13 bits per heavy atom. The van der Waals surface area contributed by atoms with Crippen LogP contribution >= 0.6 is 0 Å². The number of methoxy groups -OCH3 is 2. The minimum atomic E-state index is -0.649. The van der Waals surface area contributed by atoms with Crippen molar-refractivity contribution in [3.05, 3.63) is 60.1 Å². The second kappa shape index (κ2) is 8.54. The van der Waals surface area contributed by atoms with E-state index in [-0.39, 0.29) is 17.5 Å². The molecule has 0 aliphatic carbocycles. The van der Waals surface area contributed by atoms with Crippen LogP contribution in [0.5, 0.6) is 0 Å². The van der Waals surface area contributed by atoms with Gasteiger partial charge in [-0.1, -0.05) is 18.2 Å². The van der Waals surface area contributed by atoms with Crippen molar-refractivity contribution in [3.8, 4) is 0 Å². The van der Waals surface area contributed by atoms with Crippen molar-refractivity contribution < 1.29 is 23.8 Å². The van der Waals surface area contributed by atoms with Crippen molar-refractivity contribution in [3.63, 3.8) is 0 Å². The van der Waals surface area contributed by atoms with Gasteiger partial charge in [0.25, 0.3) is 0 Å². The fraction of sp³-hybridized carbons (Fsp3) is 0.318. The molecule has 3 heterocycles. The first-order valence-corrected chi connectivity index (χ1v) is 9.78. The third-order valence-corrected chi connectivity index (χ3v) is 5.17. The zero-order chi connectivity index (χ0) is 21.1. The number of benzene rings is 1. The summed E-state index contributed by atoms with van der Waals surface area (Å²) in [5.41, 5.74) is 1.66. The minimum Gasteiger partial charge on any atom is -0.465 e. The van der Waals surface area contributed by atoms with E-state index >= 15 is 0 Å². The number of carbonyl (C=O) groups is 2. The Hall–Kier alpha value is -3.39. The van der Waals surface area contributed by atoms with Gasteiger partial charge in [-0.05, 0) is 37.5 Å². The summed E-state index contributed by atoms with van der Waals surface area (Å²) in [6, 6.07) is 5.70. The molecule has 1 aromatic carbocycles. The molecule has 0 saturated carbocycles. The summed E-state index contributed by atoms with van der Waals surface area (Å²) in [7, 11) is 2.55. The highest BCUT2D eigenvalue weighted by atomic mass is 16.5. The van der Waals surface area contributed by atoms with E-state index in [4.69, 9.17) is 14.2 Å². The molecule has 0 radical (unpaired) electrons. The van der Waals surface area contributed by atoms with E-state index in [1.807, 2.05) is 22.9 Å². The molecule has 0 spiro atoms. The number of para-hydroxylation sites is 1. The van der Waals surface area contributed by atoms with Crippen LogP contribution in [0.2, 0.25) is 0 Å². The van der Waals surface area contributed by atoms with Crippen LogP contribution in [-0.4, -0.2) is 42.5 Å². The van der Waals surface area contributed by atoms with Crippen LogP contribution in [0, 0.1) is 0 Å². The molecule has 0 bridgehead atoms. The standard InChI is InChI=1S/C22H23N3O5/c1-28-21(26)16-9-3-5-12-24(20(16)22(27)29-2)17-10-7-8-15-14-23-25(19(15)17)18-11-4-6-13-30-18/h3,5,7-10,12,14,18H,4,6,11,13H2,1-2H3. The lowest BCUT2D eigenvalue weighted by molar-refractivity contribution is -0.139. The third kappa shape index (κ3) is 3.50. The minimum absolute atomic E-state index is 0.0687. The van der Waals surface area contributed by atoms with Crippen LogP contribution in [-0.2, 0) is 23.8 Å². The lowest BCUT2D eigenvalue weighted by Gasteiger charge is -2.27. The van der Waals surface area contributed by atoms with E-state index in [0.717, 1.165) is 30.2 Å². The second-order valence-corrected chi connectivity index (χ2v) is 6.94. The van der Waals surface area contributed by atoms with E-state index in [2.05, 4.69) is 5.10 Å². The first-order chi connectivity index (χ1) is 14.7. The number of allylic oxidation sites excluding steroid dienone is 2. The number of hydrogen-bond donors (Lipinski definition) is 0. The molecule has 2 aliphatic heterocycles. The van der Waals surface area contributed by atoms with Gasteiger partial charge < -0.3 is 19.1 Å². The van der Waals surface area contributed by atoms with Gasteiger partial charge in [0.2, 0.25) is 0 Å². The maximum Gasteiger partial charge on any atom is 0.355 e. The maximum atomic E-state index is 12.8. The number of rotatable bonds is 4. The smallest absolute Gasteiger partial charge is 0.355 e. The molecule has 8 nitrogen and oxygen atoms in total. The number of esters is 2. The molecule has 2 aliphatic rings. The number of hydrogen-bond acceptors (Lipinski definition) is 7. The van der Waals surface area contributed by atoms with E-state index in [9.17, 15) is 9.59 Å². The van der Waals surface area contributed by atoms with Crippen molar-refractivity contribution in [2.24, 2.45) is 0 Å². The Morgan fingerprint density at radius 2 is 1.97 bits per heavy atom. The molecule has 1 fully saturated rings. The van der Waals surface area contributed by atoms with Gasteiger partial charge in [-0.3, -0.25) is 0 Å². The Balaban J connectivity index is 1.92. The average molecular weight is 409 g/mol. The average Bonchev–Trinajstić information content (AvgIpc) is 3.11. The lowest BCUT2D eigenvalue weighted by atomic mass is 10.1. The van der Waals surface area contributed by atoms with Gasteiger partial charge in [-0.2, -0.15) is 5.10 Å². The predicted molar refractivity (Wildman–Crippen MR) is 110 cm³/mol. The topological polar surface area (TPSA) is 82.9 Å². The monoisotopic (exact) mass is 409 g/mol. The highest BCUT2D eigenvalue weighted by Gasteiger charge is 2.30. The molecule has 1 saturated heterocycles. The predicted octanol–water partition coefficient (Wildman–Crippen LogP) is 3.23. The van der Waals surface area contributed by atoms with E-state index in [1.54, 1.807) is 29.4 Å². The molecule has 0 N–H and O–H groups in total. The number of anilines is 1. The zero-order valence-electron chi connectivity index (χ0n) is 16.9. The molecule has 1 aromatic heterocycles. The van der Waals surface area contributed by atoms with Crippen LogP contribution in [0.25, 0.3) is 10.9 Å². The molecule has 30 heavy (non-hydrogen) atoms. The summed E-state index contributed by atoms with van der Waals surface area (Å²) in [5.74, 6) is -1.28. The van der Waals surface area contributed by atoms with Crippen molar-refractivity contribution in [1.29, 1.82) is 0 Å². The van der Waals surface area contributed by atoms with Crippen LogP contribution in [0.3, 0.4) is 0 Å².